The molecule has 0 radical (unpaired) electrons. The summed E-state index contributed by atoms with van der Waals surface area (Å²) in [5.74, 6) is -0.945. The molecule has 0 bridgehead atoms. The molecule has 0 amide bonds. The molecule has 0 rings (SSSR count). The lowest BCUT2D eigenvalue weighted by Crippen LogP contribution is -2.30. The summed E-state index contributed by atoms with van der Waals surface area (Å²) in [5.41, 5.74) is 0. The van der Waals surface area contributed by atoms with Crippen molar-refractivity contribution >= 4 is 17.9 Å². The molecule has 0 aliphatic rings. The lowest BCUT2D eigenvalue weighted by molar-refractivity contribution is -0.167. The molecule has 0 aromatic rings. The topological polar surface area (TPSA) is 78.9 Å². The van der Waals surface area contributed by atoms with Crippen molar-refractivity contribution in [3.63, 3.8) is 0 Å². The first-order valence-electron chi connectivity index (χ1n) is 22.9. The Labute approximate surface area is 344 Å². The van der Waals surface area contributed by atoms with Crippen molar-refractivity contribution in [2.24, 2.45) is 0 Å². The highest BCUT2D eigenvalue weighted by atomic mass is 16.6. The van der Waals surface area contributed by atoms with Crippen LogP contribution in [-0.4, -0.2) is 37.2 Å². The molecule has 0 aromatic carbocycles. The fraction of sp³-hybridized carbons (Fsp3) is 0.700. The summed E-state index contributed by atoms with van der Waals surface area (Å²) >= 11 is 0. The third-order valence-electron chi connectivity index (χ3n) is 9.46. The van der Waals surface area contributed by atoms with Crippen LogP contribution in [0.5, 0.6) is 0 Å². The van der Waals surface area contributed by atoms with Crippen LogP contribution in [0.3, 0.4) is 0 Å². The standard InChI is InChI=1S/C50H84O6/c1-4-7-10-13-16-19-22-24-25-26-27-29-31-34-37-40-43-49(52)55-46-47(45-54-48(51)42-39-36-33-30-21-18-15-12-9-6-3)56-50(53)44-41-38-35-32-28-23-20-17-14-11-8-5-2/h7-8,10-11,16-17,19-20,24-25,27,29,47H,4-6,9,12-15,18,21-23,26,28,30-46H2,1-3H3/b10-7-,11-8-,19-16-,20-17-,25-24-,29-27-. The zero-order valence-electron chi connectivity index (χ0n) is 36.4. The molecular formula is C50H84O6. The smallest absolute Gasteiger partial charge is 0.306 e. The summed E-state index contributed by atoms with van der Waals surface area (Å²) in [4.78, 5) is 37.7. The average Bonchev–Trinajstić information content (AvgIpc) is 3.19. The summed E-state index contributed by atoms with van der Waals surface area (Å²) in [7, 11) is 0. The van der Waals surface area contributed by atoms with Crippen LogP contribution in [-0.2, 0) is 28.6 Å². The van der Waals surface area contributed by atoms with E-state index in [9.17, 15) is 14.4 Å². The minimum absolute atomic E-state index is 0.0910. The molecule has 0 aliphatic heterocycles. The van der Waals surface area contributed by atoms with Crippen LogP contribution in [0.25, 0.3) is 0 Å². The Morgan fingerprint density at radius 1 is 0.375 bits per heavy atom. The largest absolute Gasteiger partial charge is 0.462 e. The first kappa shape index (κ1) is 52.9. The molecule has 0 saturated carbocycles. The molecule has 0 aromatic heterocycles. The van der Waals surface area contributed by atoms with E-state index < -0.39 is 6.10 Å². The third kappa shape index (κ3) is 42.0. The molecule has 0 heterocycles. The van der Waals surface area contributed by atoms with Gasteiger partial charge in [0.2, 0.25) is 0 Å². The van der Waals surface area contributed by atoms with Crippen LogP contribution in [0, 0.1) is 0 Å². The van der Waals surface area contributed by atoms with E-state index in [2.05, 4.69) is 93.7 Å². The number of ether oxygens (including phenoxy) is 3. The molecule has 0 saturated heterocycles. The molecule has 0 aliphatic carbocycles. The van der Waals surface area contributed by atoms with Gasteiger partial charge in [-0.05, 0) is 83.5 Å². The molecule has 0 spiro atoms. The van der Waals surface area contributed by atoms with Gasteiger partial charge in [0.1, 0.15) is 13.2 Å². The maximum absolute atomic E-state index is 12.7. The van der Waals surface area contributed by atoms with Gasteiger partial charge in [-0.3, -0.25) is 14.4 Å². The van der Waals surface area contributed by atoms with Gasteiger partial charge in [0.05, 0.1) is 0 Å². The number of unbranched alkanes of at least 4 members (excludes halogenated alkanes) is 17. The summed E-state index contributed by atoms with van der Waals surface area (Å²) in [6, 6.07) is 0. The van der Waals surface area contributed by atoms with Crippen LogP contribution < -0.4 is 0 Å². The van der Waals surface area contributed by atoms with Crippen LogP contribution in [0.15, 0.2) is 72.9 Å². The Morgan fingerprint density at radius 2 is 0.696 bits per heavy atom. The van der Waals surface area contributed by atoms with E-state index in [1.54, 1.807) is 0 Å². The highest BCUT2D eigenvalue weighted by Gasteiger charge is 2.19. The summed E-state index contributed by atoms with van der Waals surface area (Å²) in [6.07, 6.45) is 54.6. The quantitative estimate of drug-likeness (QED) is 0.0267. The van der Waals surface area contributed by atoms with Crippen molar-refractivity contribution in [2.75, 3.05) is 13.2 Å². The fourth-order valence-electron chi connectivity index (χ4n) is 6.06. The molecule has 6 nitrogen and oxygen atoms in total. The number of allylic oxidation sites excluding steroid dienone is 12. The molecule has 0 N–H and O–H groups in total. The average molecular weight is 781 g/mol. The van der Waals surface area contributed by atoms with Gasteiger partial charge in [-0.1, -0.05) is 177 Å². The van der Waals surface area contributed by atoms with Crippen molar-refractivity contribution in [1.82, 2.24) is 0 Å². The third-order valence-corrected chi connectivity index (χ3v) is 9.46. The lowest BCUT2D eigenvalue weighted by Gasteiger charge is -2.18. The molecule has 0 fully saturated rings. The first-order valence-corrected chi connectivity index (χ1v) is 22.9. The van der Waals surface area contributed by atoms with Gasteiger partial charge in [0.15, 0.2) is 6.10 Å². The summed E-state index contributed by atoms with van der Waals surface area (Å²) in [5, 5.41) is 0. The highest BCUT2D eigenvalue weighted by Crippen LogP contribution is 2.13. The van der Waals surface area contributed by atoms with Gasteiger partial charge in [0, 0.05) is 19.3 Å². The zero-order valence-corrected chi connectivity index (χ0v) is 36.4. The predicted octanol–water partition coefficient (Wildman–Crippen LogP) is 14.7. The van der Waals surface area contributed by atoms with Crippen LogP contribution in [0.4, 0.5) is 0 Å². The van der Waals surface area contributed by atoms with E-state index in [0.29, 0.717) is 19.3 Å². The minimum atomic E-state index is -0.791. The van der Waals surface area contributed by atoms with Crippen LogP contribution in [0.1, 0.15) is 207 Å². The second kappa shape index (κ2) is 44.6. The monoisotopic (exact) mass is 781 g/mol. The summed E-state index contributed by atoms with van der Waals surface area (Å²) < 4.78 is 16.7. The zero-order chi connectivity index (χ0) is 40.8. The molecule has 1 unspecified atom stereocenters. The van der Waals surface area contributed by atoms with Gasteiger partial charge in [-0.25, -0.2) is 0 Å². The SMILES string of the molecule is CC/C=C\C/C=C\C/C=C\C/C=C\CCCCCC(=O)OCC(COC(=O)CCCCCCCCCCCC)OC(=O)CCCCCCC/C=C\C/C=C\CC. The van der Waals surface area contributed by atoms with Gasteiger partial charge >= 0.3 is 17.9 Å². The van der Waals surface area contributed by atoms with E-state index in [1.807, 2.05) is 0 Å². The second-order valence-electron chi connectivity index (χ2n) is 14.9. The van der Waals surface area contributed by atoms with Gasteiger partial charge in [0.25, 0.3) is 0 Å². The Hall–Kier alpha value is -3.15. The molecule has 1 atom stereocenters. The van der Waals surface area contributed by atoms with Crippen molar-refractivity contribution in [3.05, 3.63) is 72.9 Å². The van der Waals surface area contributed by atoms with Gasteiger partial charge < -0.3 is 14.2 Å². The van der Waals surface area contributed by atoms with Gasteiger partial charge in [-0.2, -0.15) is 0 Å². The van der Waals surface area contributed by atoms with E-state index in [-0.39, 0.29) is 31.1 Å². The number of carbonyl (C=O) groups is 3. The van der Waals surface area contributed by atoms with Gasteiger partial charge in [-0.15, -0.1) is 0 Å². The van der Waals surface area contributed by atoms with Crippen LogP contribution >= 0.6 is 0 Å². The van der Waals surface area contributed by atoms with Crippen molar-refractivity contribution in [3.8, 4) is 0 Å². The van der Waals surface area contributed by atoms with Crippen molar-refractivity contribution in [2.45, 2.75) is 213 Å². The first-order chi connectivity index (χ1) is 27.5. The van der Waals surface area contributed by atoms with E-state index >= 15 is 0 Å². The Bertz CT molecular complexity index is 1080. The maximum atomic E-state index is 12.7. The minimum Gasteiger partial charge on any atom is -0.462 e. The highest BCUT2D eigenvalue weighted by molar-refractivity contribution is 5.71. The number of esters is 3. The van der Waals surface area contributed by atoms with E-state index in [4.69, 9.17) is 14.2 Å². The molecule has 6 heteroatoms. The number of carbonyl (C=O) groups excluding carboxylic acids is 3. The molecule has 56 heavy (non-hydrogen) atoms. The molecular weight excluding hydrogens is 697 g/mol. The predicted molar refractivity (Wildman–Crippen MR) is 238 cm³/mol. The fourth-order valence-corrected chi connectivity index (χ4v) is 6.06. The normalized spacial score (nSPS) is 12.7. The second-order valence-corrected chi connectivity index (χ2v) is 14.9. The van der Waals surface area contributed by atoms with Crippen LogP contribution in [0.2, 0.25) is 0 Å². The van der Waals surface area contributed by atoms with Crippen molar-refractivity contribution < 1.29 is 28.6 Å². The van der Waals surface area contributed by atoms with E-state index in [1.165, 1.54) is 44.9 Å². The lowest BCUT2D eigenvalue weighted by atomic mass is 10.1. The Morgan fingerprint density at radius 3 is 1.11 bits per heavy atom. The van der Waals surface area contributed by atoms with E-state index in [0.717, 1.165) is 122 Å². The molecule has 320 valence electrons. The Kier molecular flexibility index (Phi) is 42.1. The Balaban J connectivity index is 4.44. The van der Waals surface area contributed by atoms with Crippen molar-refractivity contribution in [1.29, 1.82) is 0 Å². The number of rotatable bonds is 40. The maximum Gasteiger partial charge on any atom is 0.306 e. The number of hydrogen-bond donors (Lipinski definition) is 0. The summed E-state index contributed by atoms with van der Waals surface area (Å²) in [6.45, 7) is 6.34. The number of hydrogen-bond acceptors (Lipinski definition) is 6.